The fourth-order valence-corrected chi connectivity index (χ4v) is 2.15. The summed E-state index contributed by atoms with van der Waals surface area (Å²) in [6, 6.07) is 4.20. The van der Waals surface area contributed by atoms with Crippen LogP contribution in [0.25, 0.3) is 0 Å². The Kier molecular flexibility index (Phi) is 4.77. The summed E-state index contributed by atoms with van der Waals surface area (Å²) in [5, 5.41) is 6.61. The molecule has 1 aromatic carbocycles. The molecule has 0 heterocycles. The molecule has 2 rings (SSSR count). The van der Waals surface area contributed by atoms with Crippen LogP contribution in [0, 0.1) is 5.92 Å². The quantitative estimate of drug-likeness (QED) is 0.643. The van der Waals surface area contributed by atoms with Crippen LogP contribution in [-0.4, -0.2) is 40.4 Å². The van der Waals surface area contributed by atoms with Crippen LogP contribution in [0.15, 0.2) is 17.1 Å². The number of benzene rings is 1. The van der Waals surface area contributed by atoms with Gasteiger partial charge < -0.3 is 24.8 Å². The molecule has 0 bridgehead atoms. The molecule has 6 nitrogen and oxygen atoms in total. The van der Waals surface area contributed by atoms with Crippen LogP contribution in [0.2, 0.25) is 0 Å². The SMILES string of the molecule is CN=C(Nc1cc(OC)c(OC)c(OC)c1)NC1CC1C. The number of hydrogen-bond donors (Lipinski definition) is 2. The van der Waals surface area contributed by atoms with Gasteiger partial charge in [0.1, 0.15) is 0 Å². The lowest BCUT2D eigenvalue weighted by Crippen LogP contribution is -2.33. The summed E-state index contributed by atoms with van der Waals surface area (Å²) in [4.78, 5) is 4.23. The molecule has 0 spiro atoms. The van der Waals surface area contributed by atoms with Gasteiger partial charge in [0, 0.05) is 30.9 Å². The summed E-state index contributed by atoms with van der Waals surface area (Å²) < 4.78 is 16.0. The summed E-state index contributed by atoms with van der Waals surface area (Å²) in [6.07, 6.45) is 1.18. The minimum Gasteiger partial charge on any atom is -0.493 e. The number of rotatable bonds is 5. The molecule has 1 aliphatic carbocycles. The number of methoxy groups -OCH3 is 3. The lowest BCUT2D eigenvalue weighted by molar-refractivity contribution is 0.324. The molecule has 116 valence electrons. The van der Waals surface area contributed by atoms with Gasteiger partial charge in [-0.15, -0.1) is 0 Å². The van der Waals surface area contributed by atoms with Gasteiger partial charge in [-0.3, -0.25) is 4.99 Å². The van der Waals surface area contributed by atoms with E-state index in [-0.39, 0.29) is 0 Å². The van der Waals surface area contributed by atoms with E-state index in [2.05, 4.69) is 22.5 Å². The van der Waals surface area contributed by atoms with Crippen LogP contribution in [0.1, 0.15) is 13.3 Å². The zero-order chi connectivity index (χ0) is 15.4. The van der Waals surface area contributed by atoms with Gasteiger partial charge in [-0.05, 0) is 12.3 Å². The van der Waals surface area contributed by atoms with Gasteiger partial charge in [-0.2, -0.15) is 0 Å². The molecule has 1 saturated carbocycles. The van der Waals surface area contributed by atoms with Crippen LogP contribution in [0.5, 0.6) is 17.2 Å². The van der Waals surface area contributed by atoms with E-state index in [1.807, 2.05) is 12.1 Å². The van der Waals surface area contributed by atoms with Gasteiger partial charge in [0.15, 0.2) is 17.5 Å². The Balaban J connectivity index is 2.18. The fraction of sp³-hybridized carbons (Fsp3) is 0.533. The second-order valence-corrected chi connectivity index (χ2v) is 5.08. The molecule has 2 N–H and O–H groups in total. The third-order valence-corrected chi connectivity index (χ3v) is 3.58. The minimum atomic E-state index is 0.498. The van der Waals surface area contributed by atoms with Crippen molar-refractivity contribution in [2.45, 2.75) is 19.4 Å². The standard InChI is InChI=1S/C15H23N3O3/c1-9-6-11(9)18-15(16-2)17-10-7-12(19-3)14(21-5)13(8-10)20-4/h7-9,11H,6H2,1-5H3,(H2,16,17,18). The van der Waals surface area contributed by atoms with Crippen molar-refractivity contribution in [1.82, 2.24) is 5.32 Å². The summed E-state index contributed by atoms with van der Waals surface area (Å²) in [7, 11) is 6.53. The third-order valence-electron chi connectivity index (χ3n) is 3.58. The number of nitrogens with zero attached hydrogens (tertiary/aromatic N) is 1. The van der Waals surface area contributed by atoms with E-state index < -0.39 is 0 Å². The monoisotopic (exact) mass is 293 g/mol. The molecule has 2 atom stereocenters. The second-order valence-electron chi connectivity index (χ2n) is 5.08. The smallest absolute Gasteiger partial charge is 0.203 e. The van der Waals surface area contributed by atoms with Gasteiger partial charge in [0.05, 0.1) is 21.3 Å². The third kappa shape index (κ3) is 3.51. The molecular formula is C15H23N3O3. The average molecular weight is 293 g/mol. The predicted molar refractivity (Wildman–Crippen MR) is 83.8 cm³/mol. The van der Waals surface area contributed by atoms with Crippen LogP contribution in [0.3, 0.4) is 0 Å². The number of ether oxygens (including phenoxy) is 3. The van der Waals surface area contributed by atoms with Crippen molar-refractivity contribution in [3.8, 4) is 17.2 Å². The number of guanidine groups is 1. The fourth-order valence-electron chi connectivity index (χ4n) is 2.15. The van der Waals surface area contributed by atoms with E-state index in [0.29, 0.717) is 29.2 Å². The second kappa shape index (κ2) is 6.56. The lowest BCUT2D eigenvalue weighted by Gasteiger charge is -2.16. The molecule has 2 unspecified atom stereocenters. The van der Waals surface area contributed by atoms with Gasteiger partial charge in [-0.25, -0.2) is 0 Å². The highest BCUT2D eigenvalue weighted by atomic mass is 16.5. The van der Waals surface area contributed by atoms with E-state index in [1.165, 1.54) is 6.42 Å². The van der Waals surface area contributed by atoms with Crippen LogP contribution in [0.4, 0.5) is 5.69 Å². The topological polar surface area (TPSA) is 64.1 Å². The molecule has 0 aromatic heterocycles. The Morgan fingerprint density at radius 2 is 1.71 bits per heavy atom. The van der Waals surface area contributed by atoms with Gasteiger partial charge in [0.25, 0.3) is 0 Å². The molecule has 6 heteroatoms. The summed E-state index contributed by atoms with van der Waals surface area (Å²) in [5.41, 5.74) is 0.825. The van der Waals surface area contributed by atoms with E-state index in [9.17, 15) is 0 Å². The summed E-state index contributed by atoms with van der Waals surface area (Å²) in [6.45, 7) is 2.21. The first kappa shape index (κ1) is 15.3. The van der Waals surface area contributed by atoms with Gasteiger partial charge in [0.2, 0.25) is 5.75 Å². The first-order valence-electron chi connectivity index (χ1n) is 6.93. The van der Waals surface area contributed by atoms with Gasteiger partial charge >= 0.3 is 0 Å². The zero-order valence-corrected chi connectivity index (χ0v) is 13.2. The Labute approximate surface area is 125 Å². The first-order chi connectivity index (χ1) is 10.1. The number of hydrogen-bond acceptors (Lipinski definition) is 4. The predicted octanol–water partition coefficient (Wildman–Crippen LogP) is 2.11. The first-order valence-corrected chi connectivity index (χ1v) is 6.93. The van der Waals surface area contributed by atoms with Crippen molar-refractivity contribution in [1.29, 1.82) is 0 Å². The van der Waals surface area contributed by atoms with Crippen molar-refractivity contribution in [2.24, 2.45) is 10.9 Å². The molecule has 0 aliphatic heterocycles. The molecular weight excluding hydrogens is 270 g/mol. The molecule has 1 fully saturated rings. The summed E-state index contributed by atoms with van der Waals surface area (Å²) in [5.74, 6) is 3.22. The average Bonchev–Trinajstić information content (AvgIpc) is 3.20. The summed E-state index contributed by atoms with van der Waals surface area (Å²) >= 11 is 0. The number of aliphatic imine (C=N–C) groups is 1. The molecule has 0 saturated heterocycles. The number of anilines is 1. The Morgan fingerprint density at radius 1 is 1.14 bits per heavy atom. The van der Waals surface area contributed by atoms with E-state index in [4.69, 9.17) is 14.2 Å². The largest absolute Gasteiger partial charge is 0.493 e. The minimum absolute atomic E-state index is 0.498. The lowest BCUT2D eigenvalue weighted by atomic mass is 10.2. The maximum Gasteiger partial charge on any atom is 0.203 e. The van der Waals surface area contributed by atoms with Crippen molar-refractivity contribution >= 4 is 11.6 Å². The normalized spacial score (nSPS) is 20.7. The van der Waals surface area contributed by atoms with Crippen molar-refractivity contribution in [3.63, 3.8) is 0 Å². The van der Waals surface area contributed by atoms with E-state index in [0.717, 1.165) is 11.6 Å². The van der Waals surface area contributed by atoms with Crippen molar-refractivity contribution in [2.75, 3.05) is 33.7 Å². The Bertz CT molecular complexity index is 506. The molecule has 21 heavy (non-hydrogen) atoms. The highest BCUT2D eigenvalue weighted by molar-refractivity contribution is 5.94. The maximum atomic E-state index is 5.34. The Morgan fingerprint density at radius 3 is 2.10 bits per heavy atom. The Hall–Kier alpha value is -2.11. The van der Waals surface area contributed by atoms with Crippen molar-refractivity contribution in [3.05, 3.63) is 12.1 Å². The number of nitrogens with one attached hydrogen (secondary N) is 2. The highest BCUT2D eigenvalue weighted by Crippen LogP contribution is 2.40. The van der Waals surface area contributed by atoms with Crippen LogP contribution >= 0.6 is 0 Å². The van der Waals surface area contributed by atoms with Crippen molar-refractivity contribution < 1.29 is 14.2 Å². The van der Waals surface area contributed by atoms with Crippen LogP contribution in [-0.2, 0) is 0 Å². The van der Waals surface area contributed by atoms with E-state index in [1.54, 1.807) is 28.4 Å². The molecule has 0 amide bonds. The highest BCUT2D eigenvalue weighted by Gasteiger charge is 2.33. The molecule has 0 radical (unpaired) electrons. The van der Waals surface area contributed by atoms with Gasteiger partial charge in [-0.1, -0.05) is 6.92 Å². The van der Waals surface area contributed by atoms with Crippen LogP contribution < -0.4 is 24.8 Å². The maximum absolute atomic E-state index is 5.34. The molecule has 1 aliphatic rings. The zero-order valence-electron chi connectivity index (χ0n) is 13.2. The molecule has 1 aromatic rings. The van der Waals surface area contributed by atoms with E-state index >= 15 is 0 Å².